The Morgan fingerprint density at radius 1 is 1.31 bits per heavy atom. The number of hydrogen-bond donors (Lipinski definition) is 1. The second-order valence-corrected chi connectivity index (χ2v) is 4.76. The van der Waals surface area contributed by atoms with Crippen LogP contribution in [0.2, 0.25) is 0 Å². The van der Waals surface area contributed by atoms with Crippen molar-refractivity contribution in [2.45, 2.75) is 53.4 Å². The van der Waals surface area contributed by atoms with Crippen molar-refractivity contribution in [3.63, 3.8) is 0 Å². The molecule has 0 radical (unpaired) electrons. The molecule has 0 aliphatic rings. The van der Waals surface area contributed by atoms with E-state index in [1.165, 1.54) is 6.42 Å². The van der Waals surface area contributed by atoms with E-state index in [9.17, 15) is 4.79 Å². The first-order valence-corrected chi connectivity index (χ1v) is 5.22. The van der Waals surface area contributed by atoms with E-state index in [1.54, 1.807) is 0 Å². The van der Waals surface area contributed by atoms with Gasteiger partial charge in [-0.1, -0.05) is 27.7 Å². The number of carbonyl (C=O) groups is 1. The highest BCUT2D eigenvalue weighted by Gasteiger charge is 2.09. The van der Waals surface area contributed by atoms with Gasteiger partial charge in [0.2, 0.25) is 5.91 Å². The quantitative estimate of drug-likeness (QED) is 0.656. The summed E-state index contributed by atoms with van der Waals surface area (Å²) in [5, 5.41) is 2.92. The van der Waals surface area contributed by atoms with Crippen LogP contribution in [0, 0.1) is 5.41 Å². The first-order chi connectivity index (χ1) is 5.95. The fraction of sp³-hybridized carbons (Fsp3) is 0.909. The summed E-state index contributed by atoms with van der Waals surface area (Å²) >= 11 is 0. The topological polar surface area (TPSA) is 29.1 Å². The average Bonchev–Trinajstić information content (AvgIpc) is 1.97. The van der Waals surface area contributed by atoms with Crippen molar-refractivity contribution >= 4 is 5.91 Å². The van der Waals surface area contributed by atoms with Gasteiger partial charge in [-0.05, 0) is 24.7 Å². The minimum Gasteiger partial charge on any atom is -0.356 e. The van der Waals surface area contributed by atoms with Crippen LogP contribution in [0.15, 0.2) is 0 Å². The lowest BCUT2D eigenvalue weighted by Gasteiger charge is -2.17. The largest absolute Gasteiger partial charge is 0.356 e. The van der Waals surface area contributed by atoms with Gasteiger partial charge in [-0.3, -0.25) is 4.79 Å². The predicted molar refractivity (Wildman–Crippen MR) is 56.6 cm³/mol. The maximum atomic E-state index is 11.1. The third-order valence-electron chi connectivity index (χ3n) is 1.90. The molecular formula is C11H23NO. The molecule has 0 unspecified atom stereocenters. The first-order valence-electron chi connectivity index (χ1n) is 5.22. The monoisotopic (exact) mass is 185 g/mol. The molecule has 78 valence electrons. The van der Waals surface area contributed by atoms with Gasteiger partial charge in [-0.2, -0.15) is 0 Å². The molecule has 2 heteroatoms. The lowest BCUT2D eigenvalue weighted by molar-refractivity contribution is -0.121. The molecule has 0 bridgehead atoms. The molecule has 0 aromatic rings. The molecule has 1 N–H and O–H groups in total. The van der Waals surface area contributed by atoms with Gasteiger partial charge in [0.15, 0.2) is 0 Å². The van der Waals surface area contributed by atoms with Crippen molar-refractivity contribution in [3.8, 4) is 0 Å². The van der Waals surface area contributed by atoms with Crippen LogP contribution in [0.3, 0.4) is 0 Å². The van der Waals surface area contributed by atoms with Crippen LogP contribution in [-0.2, 0) is 4.79 Å². The number of carbonyl (C=O) groups excluding carboxylic acids is 1. The summed E-state index contributed by atoms with van der Waals surface area (Å²) in [6, 6.07) is 0. The van der Waals surface area contributed by atoms with E-state index in [1.807, 2.05) is 6.92 Å². The van der Waals surface area contributed by atoms with Crippen LogP contribution >= 0.6 is 0 Å². The Morgan fingerprint density at radius 2 is 1.92 bits per heavy atom. The number of amides is 1. The van der Waals surface area contributed by atoms with Crippen LogP contribution in [0.25, 0.3) is 0 Å². The second kappa shape index (κ2) is 6.01. The van der Waals surface area contributed by atoms with Crippen LogP contribution in [0.4, 0.5) is 0 Å². The standard InChI is InChI=1S/C11H23NO/c1-5-7-10(13)12-9-6-8-11(2,3)4/h5-9H2,1-4H3,(H,12,13). The average molecular weight is 185 g/mol. The van der Waals surface area contributed by atoms with Gasteiger partial charge in [0.1, 0.15) is 0 Å². The summed E-state index contributed by atoms with van der Waals surface area (Å²) in [4.78, 5) is 11.1. The van der Waals surface area contributed by atoms with Gasteiger partial charge in [-0.25, -0.2) is 0 Å². The SMILES string of the molecule is CCCC(=O)NCCCC(C)(C)C. The van der Waals surface area contributed by atoms with E-state index in [4.69, 9.17) is 0 Å². The highest BCUT2D eigenvalue weighted by molar-refractivity contribution is 5.75. The lowest BCUT2D eigenvalue weighted by Crippen LogP contribution is -2.24. The molecule has 1 amide bonds. The van der Waals surface area contributed by atoms with Crippen molar-refractivity contribution in [1.29, 1.82) is 0 Å². The first kappa shape index (κ1) is 12.5. The van der Waals surface area contributed by atoms with Crippen LogP contribution < -0.4 is 5.32 Å². The summed E-state index contributed by atoms with van der Waals surface area (Å²) in [5.41, 5.74) is 0.384. The van der Waals surface area contributed by atoms with Crippen molar-refractivity contribution in [3.05, 3.63) is 0 Å². The van der Waals surface area contributed by atoms with Crippen molar-refractivity contribution in [2.75, 3.05) is 6.54 Å². The van der Waals surface area contributed by atoms with E-state index in [0.29, 0.717) is 11.8 Å². The highest BCUT2D eigenvalue weighted by Crippen LogP contribution is 2.19. The third-order valence-corrected chi connectivity index (χ3v) is 1.90. The van der Waals surface area contributed by atoms with E-state index >= 15 is 0 Å². The van der Waals surface area contributed by atoms with E-state index in [2.05, 4.69) is 26.1 Å². The molecular weight excluding hydrogens is 162 g/mol. The Hall–Kier alpha value is -0.530. The summed E-state index contributed by atoms with van der Waals surface area (Å²) in [5.74, 6) is 0.191. The van der Waals surface area contributed by atoms with E-state index < -0.39 is 0 Å². The molecule has 13 heavy (non-hydrogen) atoms. The zero-order chi connectivity index (χ0) is 10.3. The summed E-state index contributed by atoms with van der Waals surface area (Å²) in [6.45, 7) is 9.52. The van der Waals surface area contributed by atoms with E-state index in [0.717, 1.165) is 19.4 Å². The molecule has 0 aromatic carbocycles. The molecule has 0 rings (SSSR count). The maximum absolute atomic E-state index is 11.1. The Bertz CT molecular complexity index is 147. The summed E-state index contributed by atoms with van der Waals surface area (Å²) in [6.07, 6.45) is 3.85. The Morgan fingerprint density at radius 3 is 2.38 bits per heavy atom. The summed E-state index contributed by atoms with van der Waals surface area (Å²) in [7, 11) is 0. The fourth-order valence-corrected chi connectivity index (χ4v) is 1.16. The number of rotatable bonds is 5. The minimum atomic E-state index is 0.191. The van der Waals surface area contributed by atoms with Gasteiger partial charge >= 0.3 is 0 Å². The van der Waals surface area contributed by atoms with Crippen LogP contribution in [-0.4, -0.2) is 12.5 Å². The lowest BCUT2D eigenvalue weighted by atomic mass is 9.91. The smallest absolute Gasteiger partial charge is 0.219 e. The highest BCUT2D eigenvalue weighted by atomic mass is 16.1. The molecule has 0 atom stereocenters. The van der Waals surface area contributed by atoms with Gasteiger partial charge in [0.05, 0.1) is 0 Å². The zero-order valence-electron chi connectivity index (χ0n) is 9.44. The van der Waals surface area contributed by atoms with Crippen LogP contribution in [0.5, 0.6) is 0 Å². The van der Waals surface area contributed by atoms with E-state index in [-0.39, 0.29) is 5.91 Å². The molecule has 0 aliphatic heterocycles. The third kappa shape index (κ3) is 9.38. The molecule has 2 nitrogen and oxygen atoms in total. The second-order valence-electron chi connectivity index (χ2n) is 4.76. The molecule has 0 aromatic heterocycles. The normalized spacial score (nSPS) is 11.4. The van der Waals surface area contributed by atoms with Gasteiger partial charge < -0.3 is 5.32 Å². The summed E-state index contributed by atoms with van der Waals surface area (Å²) < 4.78 is 0. The molecule has 0 saturated heterocycles. The molecule has 0 aliphatic carbocycles. The minimum absolute atomic E-state index is 0.191. The van der Waals surface area contributed by atoms with Gasteiger partial charge in [0, 0.05) is 13.0 Å². The number of hydrogen-bond acceptors (Lipinski definition) is 1. The molecule has 0 heterocycles. The molecule has 0 saturated carbocycles. The Balaban J connectivity index is 3.31. The predicted octanol–water partition coefficient (Wildman–Crippen LogP) is 2.73. The number of nitrogens with one attached hydrogen (secondary N) is 1. The maximum Gasteiger partial charge on any atom is 0.219 e. The Labute approximate surface area is 82.1 Å². The molecule has 0 spiro atoms. The zero-order valence-corrected chi connectivity index (χ0v) is 9.44. The van der Waals surface area contributed by atoms with Crippen molar-refractivity contribution in [1.82, 2.24) is 5.32 Å². The van der Waals surface area contributed by atoms with Gasteiger partial charge in [-0.15, -0.1) is 0 Å². The Kier molecular flexibility index (Phi) is 5.76. The van der Waals surface area contributed by atoms with Gasteiger partial charge in [0.25, 0.3) is 0 Å². The molecule has 0 fully saturated rings. The fourth-order valence-electron chi connectivity index (χ4n) is 1.16. The van der Waals surface area contributed by atoms with Crippen molar-refractivity contribution in [2.24, 2.45) is 5.41 Å². The van der Waals surface area contributed by atoms with Crippen molar-refractivity contribution < 1.29 is 4.79 Å². The van der Waals surface area contributed by atoms with Crippen LogP contribution in [0.1, 0.15) is 53.4 Å².